The minimum atomic E-state index is 0.885. The molecule has 1 aliphatic rings. The summed E-state index contributed by atoms with van der Waals surface area (Å²) in [6.07, 6.45) is 5.64. The average molecular weight is 269 g/mol. The Morgan fingerprint density at radius 3 is 2.87 bits per heavy atom. The molecule has 0 aromatic carbocycles. The van der Waals surface area contributed by atoms with Crippen LogP contribution >= 0.6 is 15.9 Å². The first-order valence-corrected chi connectivity index (χ1v) is 6.46. The Hall–Kier alpha value is -0.410. The van der Waals surface area contributed by atoms with Crippen molar-refractivity contribution >= 4 is 15.9 Å². The molecule has 15 heavy (non-hydrogen) atoms. The van der Waals surface area contributed by atoms with E-state index in [2.05, 4.69) is 32.3 Å². The van der Waals surface area contributed by atoms with Crippen molar-refractivity contribution in [2.75, 3.05) is 6.54 Å². The van der Waals surface area contributed by atoms with Crippen LogP contribution in [0.1, 0.15) is 31.4 Å². The Morgan fingerprint density at radius 1 is 1.33 bits per heavy atom. The zero-order valence-corrected chi connectivity index (χ0v) is 10.5. The molecule has 1 aromatic heterocycles. The molecule has 82 valence electrons. The second kappa shape index (κ2) is 5.61. The van der Waals surface area contributed by atoms with Gasteiger partial charge in [0.05, 0.1) is 5.69 Å². The molecule has 1 fully saturated rings. The molecule has 0 amide bonds. The van der Waals surface area contributed by atoms with E-state index in [4.69, 9.17) is 0 Å². The summed E-state index contributed by atoms with van der Waals surface area (Å²) < 4.78 is 0.919. The summed E-state index contributed by atoms with van der Waals surface area (Å²) in [5.41, 5.74) is 1.11. The number of nitrogens with zero attached hydrogens (tertiary/aromatic N) is 1. The molecular weight excluding hydrogens is 252 g/mol. The lowest BCUT2D eigenvalue weighted by Gasteiger charge is -2.09. The normalized spacial score (nSPS) is 17.1. The van der Waals surface area contributed by atoms with Gasteiger partial charge in [0.1, 0.15) is 4.60 Å². The lowest BCUT2D eigenvalue weighted by atomic mass is 10.1. The summed E-state index contributed by atoms with van der Waals surface area (Å²) in [5, 5.41) is 3.49. The standard InChI is InChI=1S/C12H17BrN2/c13-12-7-3-6-11(15-12)9-14-8-10-4-1-2-5-10/h3,6-7,10,14H,1-2,4-5,8-9H2. The number of nitrogens with one attached hydrogen (secondary N) is 1. The Morgan fingerprint density at radius 2 is 2.13 bits per heavy atom. The van der Waals surface area contributed by atoms with E-state index in [1.54, 1.807) is 0 Å². The van der Waals surface area contributed by atoms with E-state index in [9.17, 15) is 0 Å². The maximum Gasteiger partial charge on any atom is 0.106 e. The van der Waals surface area contributed by atoms with E-state index in [-0.39, 0.29) is 0 Å². The molecule has 0 radical (unpaired) electrons. The van der Waals surface area contributed by atoms with Crippen LogP contribution in [0, 0.1) is 5.92 Å². The van der Waals surface area contributed by atoms with Crippen LogP contribution in [0.4, 0.5) is 0 Å². The Kier molecular flexibility index (Phi) is 4.15. The SMILES string of the molecule is Brc1cccc(CNCC2CCCC2)n1. The van der Waals surface area contributed by atoms with Gasteiger partial charge in [-0.15, -0.1) is 0 Å². The van der Waals surface area contributed by atoms with Crippen LogP contribution in [0.3, 0.4) is 0 Å². The van der Waals surface area contributed by atoms with E-state index in [0.717, 1.165) is 29.3 Å². The summed E-state index contributed by atoms with van der Waals surface area (Å²) >= 11 is 3.38. The molecule has 0 spiro atoms. The smallest absolute Gasteiger partial charge is 0.106 e. The molecule has 0 bridgehead atoms. The Balaban J connectivity index is 1.73. The van der Waals surface area contributed by atoms with Crippen molar-refractivity contribution in [3.8, 4) is 0 Å². The fraction of sp³-hybridized carbons (Fsp3) is 0.583. The predicted molar refractivity (Wildman–Crippen MR) is 65.6 cm³/mol. The summed E-state index contributed by atoms with van der Waals surface area (Å²) in [6, 6.07) is 6.05. The van der Waals surface area contributed by atoms with Gasteiger partial charge >= 0.3 is 0 Å². The minimum Gasteiger partial charge on any atom is -0.311 e. The lowest BCUT2D eigenvalue weighted by molar-refractivity contribution is 0.487. The van der Waals surface area contributed by atoms with Crippen LogP contribution in [0.5, 0.6) is 0 Å². The predicted octanol–water partition coefficient (Wildman–Crippen LogP) is 3.12. The highest BCUT2D eigenvalue weighted by molar-refractivity contribution is 9.10. The van der Waals surface area contributed by atoms with Gasteiger partial charge in [-0.05, 0) is 53.4 Å². The van der Waals surface area contributed by atoms with Gasteiger partial charge in [0.15, 0.2) is 0 Å². The number of rotatable bonds is 4. The first kappa shape index (κ1) is 11.1. The maximum atomic E-state index is 4.39. The molecule has 1 saturated carbocycles. The third kappa shape index (κ3) is 3.58. The van der Waals surface area contributed by atoms with Gasteiger partial charge in [-0.3, -0.25) is 0 Å². The van der Waals surface area contributed by atoms with E-state index in [1.165, 1.54) is 25.7 Å². The van der Waals surface area contributed by atoms with Crippen molar-refractivity contribution in [2.24, 2.45) is 5.92 Å². The number of pyridine rings is 1. The van der Waals surface area contributed by atoms with Gasteiger partial charge in [-0.1, -0.05) is 18.9 Å². The molecule has 0 atom stereocenters. The summed E-state index contributed by atoms with van der Waals surface area (Å²) in [6.45, 7) is 2.03. The topological polar surface area (TPSA) is 24.9 Å². The Bertz CT molecular complexity index is 308. The molecular formula is C12H17BrN2. The molecule has 1 aromatic rings. The van der Waals surface area contributed by atoms with Crippen molar-refractivity contribution in [1.29, 1.82) is 0 Å². The quantitative estimate of drug-likeness (QED) is 0.849. The largest absolute Gasteiger partial charge is 0.311 e. The average Bonchev–Trinajstić information content (AvgIpc) is 2.71. The lowest BCUT2D eigenvalue weighted by Crippen LogP contribution is -2.21. The molecule has 2 rings (SSSR count). The first-order valence-electron chi connectivity index (χ1n) is 5.67. The van der Waals surface area contributed by atoms with Crippen molar-refractivity contribution in [3.63, 3.8) is 0 Å². The fourth-order valence-electron chi connectivity index (χ4n) is 2.17. The molecule has 2 nitrogen and oxygen atoms in total. The van der Waals surface area contributed by atoms with E-state index >= 15 is 0 Å². The van der Waals surface area contributed by atoms with Gasteiger partial charge in [0.2, 0.25) is 0 Å². The summed E-state index contributed by atoms with van der Waals surface area (Å²) in [4.78, 5) is 4.39. The van der Waals surface area contributed by atoms with Crippen molar-refractivity contribution < 1.29 is 0 Å². The Labute approximate surface area is 99.6 Å². The molecule has 0 aliphatic heterocycles. The fourth-order valence-corrected chi connectivity index (χ4v) is 2.55. The zero-order chi connectivity index (χ0) is 10.5. The van der Waals surface area contributed by atoms with Gasteiger partial charge in [-0.25, -0.2) is 4.98 Å². The van der Waals surface area contributed by atoms with Gasteiger partial charge < -0.3 is 5.32 Å². The maximum absolute atomic E-state index is 4.39. The van der Waals surface area contributed by atoms with Gasteiger partial charge in [0.25, 0.3) is 0 Å². The third-order valence-electron chi connectivity index (χ3n) is 2.99. The van der Waals surface area contributed by atoms with Crippen LogP contribution in [0.25, 0.3) is 0 Å². The molecule has 1 heterocycles. The first-order chi connectivity index (χ1) is 7.34. The number of halogens is 1. The van der Waals surface area contributed by atoms with E-state index in [1.807, 2.05) is 12.1 Å². The number of hydrogen-bond acceptors (Lipinski definition) is 2. The monoisotopic (exact) mass is 268 g/mol. The summed E-state index contributed by atoms with van der Waals surface area (Å²) in [5.74, 6) is 0.900. The minimum absolute atomic E-state index is 0.885. The van der Waals surface area contributed by atoms with Gasteiger partial charge in [-0.2, -0.15) is 0 Å². The van der Waals surface area contributed by atoms with Crippen LogP contribution < -0.4 is 5.32 Å². The zero-order valence-electron chi connectivity index (χ0n) is 8.88. The van der Waals surface area contributed by atoms with Gasteiger partial charge in [0, 0.05) is 6.54 Å². The molecule has 1 aliphatic carbocycles. The molecule has 3 heteroatoms. The molecule has 1 N–H and O–H groups in total. The van der Waals surface area contributed by atoms with E-state index < -0.39 is 0 Å². The van der Waals surface area contributed by atoms with Crippen molar-refractivity contribution in [3.05, 3.63) is 28.5 Å². The van der Waals surface area contributed by atoms with Crippen LogP contribution in [-0.2, 0) is 6.54 Å². The second-order valence-electron chi connectivity index (χ2n) is 4.23. The second-order valence-corrected chi connectivity index (χ2v) is 5.05. The van der Waals surface area contributed by atoms with Crippen LogP contribution in [0.2, 0.25) is 0 Å². The highest BCUT2D eigenvalue weighted by Crippen LogP contribution is 2.23. The third-order valence-corrected chi connectivity index (χ3v) is 3.43. The molecule has 0 saturated heterocycles. The highest BCUT2D eigenvalue weighted by atomic mass is 79.9. The van der Waals surface area contributed by atoms with Crippen molar-refractivity contribution in [2.45, 2.75) is 32.2 Å². The molecule has 0 unspecified atom stereocenters. The van der Waals surface area contributed by atoms with E-state index in [0.29, 0.717) is 0 Å². The van der Waals surface area contributed by atoms with Crippen LogP contribution in [-0.4, -0.2) is 11.5 Å². The van der Waals surface area contributed by atoms with Crippen LogP contribution in [0.15, 0.2) is 22.8 Å². The number of hydrogen-bond donors (Lipinski definition) is 1. The highest BCUT2D eigenvalue weighted by Gasteiger charge is 2.13. The number of aromatic nitrogens is 1. The summed E-state index contributed by atoms with van der Waals surface area (Å²) in [7, 11) is 0. The van der Waals surface area contributed by atoms with Crippen molar-refractivity contribution in [1.82, 2.24) is 10.3 Å².